The fourth-order valence-corrected chi connectivity index (χ4v) is 3.55. The largest absolute Gasteiger partial charge is 0.495 e. The molecule has 2 aliphatic heterocycles. The second-order valence-corrected chi connectivity index (χ2v) is 5.86. The van der Waals surface area contributed by atoms with Crippen LogP contribution in [0.2, 0.25) is 5.02 Å². The average molecular weight is 281 g/mol. The summed E-state index contributed by atoms with van der Waals surface area (Å²) in [5.74, 6) is 0.753. The molecule has 19 heavy (non-hydrogen) atoms. The fourth-order valence-electron chi connectivity index (χ4n) is 3.29. The lowest BCUT2D eigenvalue weighted by atomic mass is 10.2. The number of methoxy groups -OCH3 is 1. The standard InChI is InChI=1S/C15H21ClN2O/c1-19-15-6-5-12(10-14(15)16)18-9-3-8-17-7-2-4-13(17)11-18/h5-6,10,13H,2-4,7-9,11H2,1H3. The molecule has 1 atom stereocenters. The number of nitrogens with zero attached hydrogens (tertiary/aromatic N) is 2. The van der Waals surface area contributed by atoms with Gasteiger partial charge in [-0.15, -0.1) is 0 Å². The van der Waals surface area contributed by atoms with Gasteiger partial charge in [0.25, 0.3) is 0 Å². The molecule has 0 spiro atoms. The van der Waals surface area contributed by atoms with Gasteiger partial charge in [0.15, 0.2) is 0 Å². The van der Waals surface area contributed by atoms with Crippen molar-refractivity contribution in [3.8, 4) is 5.75 Å². The number of halogens is 1. The third kappa shape index (κ3) is 2.67. The normalized spacial score (nSPS) is 24.1. The Kier molecular flexibility index (Phi) is 3.85. The molecule has 4 heteroatoms. The molecule has 1 unspecified atom stereocenters. The van der Waals surface area contributed by atoms with E-state index in [1.807, 2.05) is 12.1 Å². The molecule has 2 fully saturated rings. The maximum atomic E-state index is 6.24. The number of rotatable bonds is 2. The molecule has 0 saturated carbocycles. The molecule has 1 aromatic carbocycles. The smallest absolute Gasteiger partial charge is 0.137 e. The van der Waals surface area contributed by atoms with Crippen molar-refractivity contribution in [1.29, 1.82) is 0 Å². The van der Waals surface area contributed by atoms with Crippen molar-refractivity contribution >= 4 is 17.3 Å². The van der Waals surface area contributed by atoms with Gasteiger partial charge in [-0.3, -0.25) is 4.90 Å². The van der Waals surface area contributed by atoms with E-state index in [-0.39, 0.29) is 0 Å². The van der Waals surface area contributed by atoms with Crippen LogP contribution in [0.1, 0.15) is 19.3 Å². The first-order chi connectivity index (χ1) is 9.28. The first kappa shape index (κ1) is 13.1. The number of ether oxygens (including phenoxy) is 1. The summed E-state index contributed by atoms with van der Waals surface area (Å²) in [6.07, 6.45) is 3.92. The van der Waals surface area contributed by atoms with Crippen LogP contribution in [0.5, 0.6) is 5.75 Å². The molecule has 0 aliphatic carbocycles. The molecule has 2 saturated heterocycles. The highest BCUT2D eigenvalue weighted by Crippen LogP contribution is 2.31. The monoisotopic (exact) mass is 280 g/mol. The summed E-state index contributed by atoms with van der Waals surface area (Å²) in [4.78, 5) is 5.12. The molecular weight excluding hydrogens is 260 g/mol. The van der Waals surface area contributed by atoms with E-state index in [1.54, 1.807) is 7.11 Å². The second-order valence-electron chi connectivity index (χ2n) is 5.45. The van der Waals surface area contributed by atoms with Crippen LogP contribution < -0.4 is 9.64 Å². The highest BCUT2D eigenvalue weighted by atomic mass is 35.5. The van der Waals surface area contributed by atoms with Gasteiger partial charge in [-0.25, -0.2) is 0 Å². The molecule has 0 N–H and O–H groups in total. The Morgan fingerprint density at radius 2 is 2.05 bits per heavy atom. The van der Waals surface area contributed by atoms with Gasteiger partial charge < -0.3 is 9.64 Å². The zero-order chi connectivity index (χ0) is 13.2. The molecule has 1 aromatic rings. The van der Waals surface area contributed by atoms with E-state index in [9.17, 15) is 0 Å². The Bertz CT molecular complexity index is 452. The zero-order valence-electron chi connectivity index (χ0n) is 11.4. The molecule has 3 rings (SSSR count). The summed E-state index contributed by atoms with van der Waals surface area (Å²) in [6.45, 7) is 4.77. The highest BCUT2D eigenvalue weighted by molar-refractivity contribution is 6.32. The van der Waals surface area contributed by atoms with Crippen LogP contribution >= 0.6 is 11.6 Å². The Morgan fingerprint density at radius 3 is 2.84 bits per heavy atom. The lowest BCUT2D eigenvalue weighted by molar-refractivity contribution is 0.273. The minimum absolute atomic E-state index is 0.701. The lowest BCUT2D eigenvalue weighted by Crippen LogP contribution is -2.36. The van der Waals surface area contributed by atoms with Gasteiger partial charge in [0.2, 0.25) is 0 Å². The van der Waals surface area contributed by atoms with Gasteiger partial charge in [0.1, 0.15) is 5.75 Å². The van der Waals surface area contributed by atoms with E-state index in [4.69, 9.17) is 16.3 Å². The van der Waals surface area contributed by atoms with Gasteiger partial charge in [-0.05, 0) is 44.0 Å². The number of benzene rings is 1. The Hall–Kier alpha value is -0.930. The van der Waals surface area contributed by atoms with Crippen LogP contribution in [0.15, 0.2) is 18.2 Å². The van der Waals surface area contributed by atoms with Crippen LogP contribution in [-0.2, 0) is 0 Å². The Labute approximate surface area is 120 Å². The molecule has 0 bridgehead atoms. The van der Waals surface area contributed by atoms with E-state index in [0.717, 1.165) is 24.9 Å². The predicted octanol–water partition coefficient (Wildman–Crippen LogP) is 3.02. The predicted molar refractivity (Wildman–Crippen MR) is 79.4 cm³/mol. The summed E-state index contributed by atoms with van der Waals surface area (Å²) in [7, 11) is 1.66. The Balaban J connectivity index is 1.79. The van der Waals surface area contributed by atoms with Crippen LogP contribution in [0, 0.1) is 0 Å². The fraction of sp³-hybridized carbons (Fsp3) is 0.600. The molecule has 0 radical (unpaired) electrons. The molecule has 2 heterocycles. The minimum Gasteiger partial charge on any atom is -0.495 e. The van der Waals surface area contributed by atoms with Gasteiger partial charge in [-0.2, -0.15) is 0 Å². The van der Waals surface area contributed by atoms with E-state index in [2.05, 4.69) is 15.9 Å². The van der Waals surface area contributed by atoms with Crippen LogP contribution in [-0.4, -0.2) is 44.2 Å². The summed E-state index contributed by atoms with van der Waals surface area (Å²) in [5, 5.41) is 0.701. The zero-order valence-corrected chi connectivity index (χ0v) is 12.2. The van der Waals surface area contributed by atoms with Gasteiger partial charge in [0.05, 0.1) is 12.1 Å². The number of hydrogen-bond donors (Lipinski definition) is 0. The van der Waals surface area contributed by atoms with E-state index in [0.29, 0.717) is 5.02 Å². The Morgan fingerprint density at radius 1 is 1.21 bits per heavy atom. The summed E-state index contributed by atoms with van der Waals surface area (Å²) >= 11 is 6.24. The SMILES string of the molecule is COc1ccc(N2CCCN3CCCC3C2)cc1Cl. The average Bonchev–Trinajstić information content (AvgIpc) is 2.76. The summed E-state index contributed by atoms with van der Waals surface area (Å²) in [6, 6.07) is 6.85. The van der Waals surface area contributed by atoms with E-state index >= 15 is 0 Å². The van der Waals surface area contributed by atoms with Crippen LogP contribution in [0.4, 0.5) is 5.69 Å². The van der Waals surface area contributed by atoms with Crippen molar-refractivity contribution < 1.29 is 4.74 Å². The topological polar surface area (TPSA) is 15.7 Å². The molecule has 3 nitrogen and oxygen atoms in total. The third-order valence-electron chi connectivity index (χ3n) is 4.30. The quantitative estimate of drug-likeness (QED) is 0.828. The van der Waals surface area contributed by atoms with Crippen LogP contribution in [0.25, 0.3) is 0 Å². The summed E-state index contributed by atoms with van der Waals surface area (Å²) in [5.41, 5.74) is 1.22. The van der Waals surface area contributed by atoms with Crippen molar-refractivity contribution in [2.45, 2.75) is 25.3 Å². The molecule has 2 aliphatic rings. The molecular formula is C15H21ClN2O. The van der Waals surface area contributed by atoms with Crippen molar-refractivity contribution in [3.63, 3.8) is 0 Å². The second kappa shape index (κ2) is 5.59. The molecule has 104 valence electrons. The van der Waals surface area contributed by atoms with Crippen LogP contribution in [0.3, 0.4) is 0 Å². The van der Waals surface area contributed by atoms with E-state index < -0.39 is 0 Å². The number of anilines is 1. The van der Waals surface area contributed by atoms with E-state index in [1.165, 1.54) is 38.0 Å². The van der Waals surface area contributed by atoms with Crippen molar-refractivity contribution in [3.05, 3.63) is 23.2 Å². The summed E-state index contributed by atoms with van der Waals surface area (Å²) < 4.78 is 5.22. The first-order valence-corrected chi connectivity index (χ1v) is 7.48. The van der Waals surface area contributed by atoms with Gasteiger partial charge in [0, 0.05) is 31.4 Å². The number of hydrogen-bond acceptors (Lipinski definition) is 3. The molecule has 0 aromatic heterocycles. The number of fused-ring (bicyclic) bond motifs is 1. The highest BCUT2D eigenvalue weighted by Gasteiger charge is 2.28. The van der Waals surface area contributed by atoms with Gasteiger partial charge in [-0.1, -0.05) is 11.6 Å². The van der Waals surface area contributed by atoms with Gasteiger partial charge >= 0.3 is 0 Å². The van der Waals surface area contributed by atoms with Crippen molar-refractivity contribution in [1.82, 2.24) is 4.90 Å². The maximum absolute atomic E-state index is 6.24. The van der Waals surface area contributed by atoms with Crippen molar-refractivity contribution in [2.75, 3.05) is 38.2 Å². The van der Waals surface area contributed by atoms with Crippen molar-refractivity contribution in [2.24, 2.45) is 0 Å². The molecule has 0 amide bonds. The minimum atomic E-state index is 0.701. The maximum Gasteiger partial charge on any atom is 0.137 e. The lowest BCUT2D eigenvalue weighted by Gasteiger charge is -2.27. The third-order valence-corrected chi connectivity index (χ3v) is 4.60. The first-order valence-electron chi connectivity index (χ1n) is 7.10.